The van der Waals surface area contributed by atoms with E-state index in [2.05, 4.69) is 20.3 Å². The van der Waals surface area contributed by atoms with Crippen molar-refractivity contribution in [2.75, 3.05) is 5.32 Å². The zero-order valence-corrected chi connectivity index (χ0v) is 14.9. The summed E-state index contributed by atoms with van der Waals surface area (Å²) in [6.07, 6.45) is 3.35. The van der Waals surface area contributed by atoms with E-state index in [1.54, 1.807) is 42.7 Å². The number of carbonyl (C=O) groups excluding carboxylic acids is 1. The van der Waals surface area contributed by atoms with Gasteiger partial charge in [-0.2, -0.15) is 0 Å². The Morgan fingerprint density at radius 2 is 1.78 bits per heavy atom. The van der Waals surface area contributed by atoms with Gasteiger partial charge < -0.3 is 4.74 Å². The summed E-state index contributed by atoms with van der Waals surface area (Å²) >= 11 is 1.35. The van der Waals surface area contributed by atoms with Crippen molar-refractivity contribution >= 4 is 22.4 Å². The summed E-state index contributed by atoms with van der Waals surface area (Å²) in [5.74, 6) is 0.744. The Hall–Kier alpha value is -3.58. The van der Waals surface area contributed by atoms with Crippen molar-refractivity contribution in [2.24, 2.45) is 0 Å². The van der Waals surface area contributed by atoms with Gasteiger partial charge in [-0.3, -0.25) is 15.1 Å². The fraction of sp³-hybridized carbons (Fsp3) is 0. The third kappa shape index (κ3) is 4.16. The topological polar surface area (TPSA) is 77.0 Å². The van der Waals surface area contributed by atoms with E-state index in [4.69, 9.17) is 4.74 Å². The molecule has 0 unspecified atom stereocenters. The van der Waals surface area contributed by atoms with Gasteiger partial charge in [-0.05, 0) is 36.4 Å². The molecule has 0 bridgehead atoms. The predicted octanol–water partition coefficient (Wildman–Crippen LogP) is 4.64. The largest absolute Gasteiger partial charge is 0.439 e. The molecule has 132 valence electrons. The molecule has 4 aromatic rings. The molecule has 0 saturated carbocycles. The van der Waals surface area contributed by atoms with E-state index in [-0.39, 0.29) is 5.91 Å². The van der Waals surface area contributed by atoms with Crippen LogP contribution in [0.2, 0.25) is 0 Å². The lowest BCUT2D eigenvalue weighted by atomic mass is 10.2. The maximum atomic E-state index is 12.5. The number of pyridine rings is 2. The minimum Gasteiger partial charge on any atom is -0.439 e. The Kier molecular flexibility index (Phi) is 4.84. The summed E-state index contributed by atoms with van der Waals surface area (Å²) in [6, 6.07) is 17.9. The van der Waals surface area contributed by atoms with Crippen molar-refractivity contribution in [3.63, 3.8) is 0 Å². The van der Waals surface area contributed by atoms with Gasteiger partial charge in [-0.15, -0.1) is 11.3 Å². The number of anilines is 1. The Labute approximate surface area is 159 Å². The molecule has 1 amide bonds. The van der Waals surface area contributed by atoms with Crippen molar-refractivity contribution in [1.82, 2.24) is 15.0 Å². The summed E-state index contributed by atoms with van der Waals surface area (Å²) in [4.78, 5) is 25.3. The molecule has 0 aliphatic heterocycles. The highest BCUT2D eigenvalue weighted by molar-refractivity contribution is 7.14. The lowest BCUT2D eigenvalue weighted by Gasteiger charge is -2.06. The third-order valence-electron chi connectivity index (χ3n) is 3.61. The second-order valence-corrected chi connectivity index (χ2v) is 6.36. The lowest BCUT2D eigenvalue weighted by Crippen LogP contribution is -2.11. The van der Waals surface area contributed by atoms with Gasteiger partial charge in [0.05, 0.1) is 5.69 Å². The summed E-state index contributed by atoms with van der Waals surface area (Å²) in [5, 5.41) is 5.18. The average Bonchev–Trinajstić information content (AvgIpc) is 3.18. The normalized spacial score (nSPS) is 10.4. The highest BCUT2D eigenvalue weighted by atomic mass is 32.1. The maximum absolute atomic E-state index is 12.5. The summed E-state index contributed by atoms with van der Waals surface area (Å²) < 4.78 is 5.67. The van der Waals surface area contributed by atoms with E-state index in [1.807, 2.05) is 35.7 Å². The first-order chi connectivity index (χ1) is 13.3. The van der Waals surface area contributed by atoms with Gasteiger partial charge in [0.15, 0.2) is 5.13 Å². The lowest BCUT2D eigenvalue weighted by molar-refractivity contribution is 0.102. The van der Waals surface area contributed by atoms with E-state index >= 15 is 0 Å². The van der Waals surface area contributed by atoms with Crippen LogP contribution in [0.25, 0.3) is 11.4 Å². The fourth-order valence-corrected chi connectivity index (χ4v) is 3.06. The molecule has 0 fully saturated rings. The van der Waals surface area contributed by atoms with Gasteiger partial charge in [0, 0.05) is 29.4 Å². The number of hydrogen-bond donors (Lipinski definition) is 1. The number of hydrogen-bond acceptors (Lipinski definition) is 6. The van der Waals surface area contributed by atoms with Crippen molar-refractivity contribution in [2.45, 2.75) is 0 Å². The molecule has 7 heteroatoms. The molecule has 27 heavy (non-hydrogen) atoms. The van der Waals surface area contributed by atoms with Crippen LogP contribution in [0.4, 0.5) is 5.13 Å². The quantitative estimate of drug-likeness (QED) is 0.550. The Bertz CT molecular complexity index is 1050. The predicted molar refractivity (Wildman–Crippen MR) is 104 cm³/mol. The molecule has 3 aromatic heterocycles. The molecule has 4 rings (SSSR count). The molecule has 0 spiro atoms. The highest BCUT2D eigenvalue weighted by Crippen LogP contribution is 2.24. The zero-order chi connectivity index (χ0) is 18.5. The minimum absolute atomic E-state index is 0.261. The monoisotopic (exact) mass is 374 g/mol. The molecule has 1 aromatic carbocycles. The number of nitrogens with one attached hydrogen (secondary N) is 1. The van der Waals surface area contributed by atoms with Crippen LogP contribution in [0.5, 0.6) is 11.6 Å². The number of ether oxygens (including phenoxy) is 1. The molecular weight excluding hydrogens is 360 g/mol. The van der Waals surface area contributed by atoms with Crippen molar-refractivity contribution < 1.29 is 9.53 Å². The number of aromatic nitrogens is 3. The van der Waals surface area contributed by atoms with E-state index in [9.17, 15) is 4.79 Å². The molecule has 3 heterocycles. The van der Waals surface area contributed by atoms with Crippen molar-refractivity contribution in [3.8, 4) is 23.0 Å². The summed E-state index contributed by atoms with van der Waals surface area (Å²) in [6.45, 7) is 0. The first kappa shape index (κ1) is 16.9. The molecule has 0 radical (unpaired) electrons. The highest BCUT2D eigenvalue weighted by Gasteiger charge is 2.11. The van der Waals surface area contributed by atoms with Gasteiger partial charge in [-0.1, -0.05) is 18.2 Å². The van der Waals surface area contributed by atoms with Crippen LogP contribution in [-0.4, -0.2) is 20.9 Å². The first-order valence-corrected chi connectivity index (χ1v) is 9.03. The number of nitrogens with zero attached hydrogens (tertiary/aromatic N) is 3. The molecule has 0 saturated heterocycles. The standard InChI is InChI=1S/C20H14N4O2S/c25-19(24-20-23-17(13-27-20)16-8-1-3-10-21-16)14-6-5-7-15(12-14)26-18-9-2-4-11-22-18/h1-13H,(H,23,24,25). The van der Waals surface area contributed by atoms with Crippen LogP contribution >= 0.6 is 11.3 Å². The summed E-state index contributed by atoms with van der Waals surface area (Å²) in [7, 11) is 0. The fourth-order valence-electron chi connectivity index (χ4n) is 2.36. The smallest absolute Gasteiger partial charge is 0.257 e. The van der Waals surface area contributed by atoms with Crippen LogP contribution in [0.3, 0.4) is 0 Å². The van der Waals surface area contributed by atoms with E-state index in [0.717, 1.165) is 11.4 Å². The van der Waals surface area contributed by atoms with Crippen molar-refractivity contribution in [3.05, 3.63) is 84.0 Å². The van der Waals surface area contributed by atoms with E-state index in [1.165, 1.54) is 11.3 Å². The SMILES string of the molecule is O=C(Nc1nc(-c2ccccn2)cs1)c1cccc(Oc2ccccn2)c1. The number of carbonyl (C=O) groups is 1. The Morgan fingerprint density at radius 1 is 0.926 bits per heavy atom. The second kappa shape index (κ2) is 7.76. The number of amides is 1. The first-order valence-electron chi connectivity index (χ1n) is 8.15. The van der Waals surface area contributed by atoms with Crippen LogP contribution in [0.1, 0.15) is 10.4 Å². The van der Waals surface area contributed by atoms with Crippen molar-refractivity contribution in [1.29, 1.82) is 0 Å². The van der Waals surface area contributed by atoms with Gasteiger partial charge in [0.1, 0.15) is 11.4 Å². The molecule has 0 atom stereocenters. The molecule has 6 nitrogen and oxygen atoms in total. The average molecular weight is 374 g/mol. The van der Waals surface area contributed by atoms with Gasteiger partial charge in [0.25, 0.3) is 5.91 Å². The number of thiazole rings is 1. The van der Waals surface area contributed by atoms with E-state index in [0.29, 0.717) is 22.3 Å². The zero-order valence-electron chi connectivity index (χ0n) is 14.1. The summed E-state index contributed by atoms with van der Waals surface area (Å²) in [5.41, 5.74) is 1.96. The van der Waals surface area contributed by atoms with E-state index < -0.39 is 0 Å². The number of benzene rings is 1. The molecule has 0 aliphatic carbocycles. The van der Waals surface area contributed by atoms with Crippen LogP contribution in [-0.2, 0) is 0 Å². The molecule has 1 N–H and O–H groups in total. The van der Waals surface area contributed by atoms with Crippen LogP contribution in [0.15, 0.2) is 78.4 Å². The van der Waals surface area contributed by atoms with Crippen LogP contribution in [0, 0.1) is 0 Å². The number of rotatable bonds is 5. The van der Waals surface area contributed by atoms with Crippen LogP contribution < -0.4 is 10.1 Å². The Morgan fingerprint density at radius 3 is 2.56 bits per heavy atom. The molecule has 0 aliphatic rings. The molecular formula is C20H14N4O2S. The minimum atomic E-state index is -0.261. The van der Waals surface area contributed by atoms with Gasteiger partial charge in [-0.25, -0.2) is 9.97 Å². The maximum Gasteiger partial charge on any atom is 0.257 e. The van der Waals surface area contributed by atoms with Gasteiger partial charge in [0.2, 0.25) is 5.88 Å². The van der Waals surface area contributed by atoms with Gasteiger partial charge >= 0.3 is 0 Å². The Balaban J connectivity index is 1.47. The second-order valence-electron chi connectivity index (χ2n) is 5.50. The third-order valence-corrected chi connectivity index (χ3v) is 4.37.